The van der Waals surface area contributed by atoms with Gasteiger partial charge in [-0.3, -0.25) is 19.1 Å². The number of hydrogen-bond donors (Lipinski definition) is 2. The summed E-state index contributed by atoms with van der Waals surface area (Å²) in [5, 5.41) is 0.938. The first-order chi connectivity index (χ1) is 16.3. The first-order valence-electron chi connectivity index (χ1n) is 12.2. The van der Waals surface area contributed by atoms with Crippen LogP contribution >= 0.6 is 0 Å². The van der Waals surface area contributed by atoms with E-state index in [0.29, 0.717) is 25.4 Å². The maximum atomic E-state index is 13.6. The van der Waals surface area contributed by atoms with Crippen LogP contribution in [0.15, 0.2) is 32.4 Å². The average Bonchev–Trinajstić information content (AvgIpc) is 3.40. The summed E-state index contributed by atoms with van der Waals surface area (Å²) in [4.78, 5) is 42.7. The van der Waals surface area contributed by atoms with E-state index < -0.39 is 11.2 Å². The van der Waals surface area contributed by atoms with E-state index in [1.165, 1.54) is 20.6 Å². The summed E-state index contributed by atoms with van der Waals surface area (Å²) in [7, 11) is 0. The van der Waals surface area contributed by atoms with Gasteiger partial charge in [-0.25, -0.2) is 4.79 Å². The second kappa shape index (κ2) is 9.91. The Labute approximate surface area is 198 Å². The van der Waals surface area contributed by atoms with Crippen LogP contribution in [0.2, 0.25) is 0 Å². The lowest BCUT2D eigenvalue weighted by atomic mass is 10.0. The van der Waals surface area contributed by atoms with Crippen LogP contribution in [0.1, 0.15) is 63.1 Å². The fraction of sp³-hybridized carbons (Fsp3) is 0.500. The summed E-state index contributed by atoms with van der Waals surface area (Å²) < 4.78 is 7.13. The van der Waals surface area contributed by atoms with Gasteiger partial charge < -0.3 is 15.1 Å². The molecule has 0 radical (unpaired) electrons. The van der Waals surface area contributed by atoms with Gasteiger partial charge in [0.2, 0.25) is 5.91 Å². The third-order valence-corrected chi connectivity index (χ3v) is 6.66. The van der Waals surface area contributed by atoms with Gasteiger partial charge in [-0.2, -0.15) is 0 Å². The predicted molar refractivity (Wildman–Crippen MR) is 134 cm³/mol. The molecule has 0 bridgehead atoms. The predicted octanol–water partition coefficient (Wildman–Crippen LogP) is 3.78. The van der Waals surface area contributed by atoms with E-state index in [0.717, 1.165) is 48.6 Å². The van der Waals surface area contributed by atoms with Crippen LogP contribution in [0.3, 0.4) is 0 Å². The minimum Gasteiger partial charge on any atom is -0.464 e. The van der Waals surface area contributed by atoms with Crippen LogP contribution in [-0.2, 0) is 30.6 Å². The Kier molecular flexibility index (Phi) is 6.95. The van der Waals surface area contributed by atoms with Gasteiger partial charge in [0, 0.05) is 24.0 Å². The molecule has 3 aromatic rings. The number of hydrogen-bond acceptors (Lipinski definition) is 5. The van der Waals surface area contributed by atoms with E-state index in [9.17, 15) is 14.4 Å². The fourth-order valence-corrected chi connectivity index (χ4v) is 4.67. The van der Waals surface area contributed by atoms with Gasteiger partial charge in [-0.1, -0.05) is 27.2 Å². The third kappa shape index (κ3) is 4.67. The minimum atomic E-state index is -0.637. The van der Waals surface area contributed by atoms with E-state index >= 15 is 0 Å². The molecule has 34 heavy (non-hydrogen) atoms. The quantitative estimate of drug-likeness (QED) is 0.498. The summed E-state index contributed by atoms with van der Waals surface area (Å²) in [5.74, 6) is 0.106. The van der Waals surface area contributed by atoms with E-state index in [4.69, 9.17) is 10.2 Å². The maximum Gasteiger partial charge on any atom is 0.330 e. The van der Waals surface area contributed by atoms with Gasteiger partial charge in [-0.15, -0.1) is 0 Å². The van der Waals surface area contributed by atoms with Crippen LogP contribution in [0.5, 0.6) is 0 Å². The lowest BCUT2D eigenvalue weighted by Gasteiger charge is -2.25. The molecule has 0 atom stereocenters. The van der Waals surface area contributed by atoms with Crippen molar-refractivity contribution >= 4 is 28.4 Å². The second-order valence-electron chi connectivity index (χ2n) is 9.63. The summed E-state index contributed by atoms with van der Waals surface area (Å²) in [6.45, 7) is 6.84. The lowest BCUT2D eigenvalue weighted by molar-refractivity contribution is -0.118. The molecule has 4 rings (SSSR count). The van der Waals surface area contributed by atoms with Gasteiger partial charge in [0.25, 0.3) is 5.56 Å². The summed E-state index contributed by atoms with van der Waals surface area (Å²) in [6, 6.07) is 4.21. The largest absolute Gasteiger partial charge is 0.464 e. The number of unbranched alkanes of at least 4 members (excludes halogenated alkanes) is 1. The Hall–Kier alpha value is -3.29. The number of benzene rings is 1. The topological polar surface area (TPSA) is 114 Å². The van der Waals surface area contributed by atoms with Crippen molar-refractivity contribution in [2.24, 2.45) is 5.92 Å². The van der Waals surface area contributed by atoms with Crippen LogP contribution in [0.4, 0.5) is 11.5 Å². The number of carbonyl (C=O) groups excluding carboxylic acids is 1. The zero-order valence-corrected chi connectivity index (χ0v) is 20.3. The van der Waals surface area contributed by atoms with Gasteiger partial charge in [0.15, 0.2) is 5.69 Å². The number of nitrogens with zero attached hydrogens (tertiary/aromatic N) is 2. The number of anilines is 2. The minimum absolute atomic E-state index is 0.0363. The van der Waals surface area contributed by atoms with Gasteiger partial charge >= 0.3 is 5.69 Å². The number of nitrogens with two attached hydrogens (primary N) is 1. The standard InChI is InChI=1S/C26H34N4O4/c1-4-5-10-30-24(27)23(25(32)28-26(30)33)29(11-9-16(2)3)22(31)14-19-15-34-21-13-18-8-6-7-17(18)12-20(19)21/h12-13,15-16H,4-11,14,27H2,1-3H3,(H,28,32,33). The SMILES string of the molecule is CCCCn1c(N)c(N(CCC(C)C)C(=O)Cc2coc3cc4c(cc23)CCC4)c(=O)[nH]c1=O. The number of rotatable bonds is 9. The molecule has 1 aliphatic rings. The summed E-state index contributed by atoms with van der Waals surface area (Å²) in [5.41, 5.74) is 9.38. The summed E-state index contributed by atoms with van der Waals surface area (Å²) >= 11 is 0. The molecular weight excluding hydrogens is 432 g/mol. The first kappa shape index (κ1) is 23.9. The molecule has 182 valence electrons. The van der Waals surface area contributed by atoms with Gasteiger partial charge in [-0.05, 0) is 61.3 Å². The van der Waals surface area contributed by atoms with Crippen molar-refractivity contribution in [3.8, 4) is 0 Å². The Bertz CT molecular complexity index is 1310. The molecule has 0 fully saturated rings. The molecule has 2 heterocycles. The number of nitrogens with one attached hydrogen (secondary N) is 1. The highest BCUT2D eigenvalue weighted by atomic mass is 16.3. The highest BCUT2D eigenvalue weighted by molar-refractivity contribution is 5.99. The number of carbonyl (C=O) groups is 1. The van der Waals surface area contributed by atoms with Gasteiger partial charge in [0.05, 0.1) is 12.7 Å². The highest BCUT2D eigenvalue weighted by Gasteiger charge is 2.26. The van der Waals surface area contributed by atoms with E-state index in [1.807, 2.05) is 6.92 Å². The Balaban J connectivity index is 1.71. The summed E-state index contributed by atoms with van der Waals surface area (Å²) in [6.07, 6.45) is 7.24. The number of aromatic amines is 1. The van der Waals surface area contributed by atoms with Crippen molar-refractivity contribution in [1.82, 2.24) is 9.55 Å². The number of furan rings is 1. The monoisotopic (exact) mass is 466 g/mol. The normalized spacial score (nSPS) is 13.1. The zero-order chi connectivity index (χ0) is 24.4. The van der Waals surface area contributed by atoms with E-state index in [1.54, 1.807) is 6.26 Å². The first-order valence-corrected chi connectivity index (χ1v) is 12.2. The number of aromatic nitrogens is 2. The van der Waals surface area contributed by atoms with Crippen molar-refractivity contribution < 1.29 is 9.21 Å². The smallest absolute Gasteiger partial charge is 0.330 e. The van der Waals surface area contributed by atoms with Crippen molar-refractivity contribution in [2.45, 2.75) is 72.3 Å². The van der Waals surface area contributed by atoms with Crippen LogP contribution in [0, 0.1) is 5.92 Å². The Morgan fingerprint density at radius 3 is 2.68 bits per heavy atom. The highest BCUT2D eigenvalue weighted by Crippen LogP contribution is 2.31. The number of H-pyrrole nitrogens is 1. The van der Waals surface area contributed by atoms with E-state index in [-0.39, 0.29) is 23.8 Å². The molecule has 0 unspecified atom stereocenters. The number of amides is 1. The Morgan fingerprint density at radius 2 is 1.97 bits per heavy atom. The van der Waals surface area contributed by atoms with Crippen molar-refractivity contribution in [2.75, 3.05) is 17.2 Å². The van der Waals surface area contributed by atoms with Crippen LogP contribution in [-0.4, -0.2) is 22.0 Å². The molecule has 8 heteroatoms. The number of aryl methyl sites for hydroxylation is 2. The molecule has 0 saturated carbocycles. The third-order valence-electron chi connectivity index (χ3n) is 6.66. The maximum absolute atomic E-state index is 13.6. The molecule has 0 aliphatic heterocycles. The van der Waals surface area contributed by atoms with Crippen molar-refractivity contribution in [1.29, 1.82) is 0 Å². The average molecular weight is 467 g/mol. The van der Waals surface area contributed by atoms with Gasteiger partial charge in [0.1, 0.15) is 11.4 Å². The number of nitrogen functional groups attached to an aromatic ring is 1. The Morgan fingerprint density at radius 1 is 1.24 bits per heavy atom. The molecule has 1 aliphatic carbocycles. The zero-order valence-electron chi connectivity index (χ0n) is 20.3. The lowest BCUT2D eigenvalue weighted by Crippen LogP contribution is -2.42. The van der Waals surface area contributed by atoms with E-state index in [2.05, 4.69) is 31.0 Å². The van der Waals surface area contributed by atoms with Crippen LogP contribution < -0.4 is 21.9 Å². The molecule has 2 aromatic heterocycles. The molecular formula is C26H34N4O4. The molecule has 0 spiro atoms. The second-order valence-corrected chi connectivity index (χ2v) is 9.63. The molecule has 3 N–H and O–H groups in total. The number of fused-ring (bicyclic) bond motifs is 2. The molecule has 1 aromatic carbocycles. The molecule has 1 amide bonds. The van der Waals surface area contributed by atoms with Crippen molar-refractivity contribution in [3.05, 3.63) is 55.9 Å². The fourth-order valence-electron chi connectivity index (χ4n) is 4.67. The van der Waals surface area contributed by atoms with Crippen LogP contribution in [0.25, 0.3) is 11.0 Å². The van der Waals surface area contributed by atoms with Crippen molar-refractivity contribution in [3.63, 3.8) is 0 Å². The molecule has 8 nitrogen and oxygen atoms in total. The molecule has 0 saturated heterocycles.